The largest absolute Gasteiger partial charge is 0.378 e. The number of amides is 2. The summed E-state index contributed by atoms with van der Waals surface area (Å²) in [4.78, 5) is 30.5. The minimum atomic E-state index is 0.0542. The number of rotatable bonds is 4. The Morgan fingerprint density at radius 1 is 1.09 bits per heavy atom. The molecule has 5 heteroatoms. The van der Waals surface area contributed by atoms with Gasteiger partial charge < -0.3 is 14.7 Å². The van der Waals surface area contributed by atoms with Gasteiger partial charge in [0.25, 0.3) is 5.91 Å². The smallest absolute Gasteiger partial charge is 0.253 e. The van der Waals surface area contributed by atoms with Crippen LogP contribution in [0.25, 0.3) is 0 Å². The second kappa shape index (κ2) is 7.99. The number of hydrogen-bond donors (Lipinski definition) is 0. The van der Waals surface area contributed by atoms with E-state index in [0.717, 1.165) is 25.1 Å². The summed E-state index contributed by atoms with van der Waals surface area (Å²) in [5.41, 5.74) is 1.73. The van der Waals surface area contributed by atoms with Crippen molar-refractivity contribution in [2.45, 2.75) is 26.2 Å². The lowest BCUT2D eigenvalue weighted by atomic mass is 10.1. The summed E-state index contributed by atoms with van der Waals surface area (Å²) in [5, 5.41) is 0. The maximum absolute atomic E-state index is 12.7. The zero-order valence-corrected chi connectivity index (χ0v) is 14.4. The minimum absolute atomic E-state index is 0.0542. The first-order valence-electron chi connectivity index (χ1n) is 8.37. The van der Waals surface area contributed by atoms with Crippen LogP contribution >= 0.6 is 0 Å². The molecule has 1 aliphatic heterocycles. The summed E-state index contributed by atoms with van der Waals surface area (Å²) in [5.74, 6) is 0.259. The third kappa shape index (κ3) is 4.47. The maximum atomic E-state index is 12.7. The van der Waals surface area contributed by atoms with E-state index in [1.807, 2.05) is 60.0 Å². The van der Waals surface area contributed by atoms with Crippen LogP contribution in [0.15, 0.2) is 24.3 Å². The lowest BCUT2D eigenvalue weighted by Crippen LogP contribution is -2.37. The molecule has 0 saturated carbocycles. The van der Waals surface area contributed by atoms with Gasteiger partial charge in [-0.3, -0.25) is 9.59 Å². The predicted octanol–water partition coefficient (Wildman–Crippen LogP) is 2.23. The Hall–Kier alpha value is -2.04. The molecular weight excluding hydrogens is 290 g/mol. The lowest BCUT2D eigenvalue weighted by molar-refractivity contribution is -0.131. The fourth-order valence-corrected chi connectivity index (χ4v) is 2.84. The van der Waals surface area contributed by atoms with Gasteiger partial charge in [-0.05, 0) is 31.0 Å². The van der Waals surface area contributed by atoms with E-state index in [9.17, 15) is 9.59 Å². The van der Waals surface area contributed by atoms with Gasteiger partial charge in [0, 0.05) is 57.9 Å². The zero-order valence-electron chi connectivity index (χ0n) is 14.4. The highest BCUT2D eigenvalue weighted by atomic mass is 16.2. The first-order valence-corrected chi connectivity index (χ1v) is 8.37. The van der Waals surface area contributed by atoms with Crippen LogP contribution in [0.3, 0.4) is 0 Å². The first-order chi connectivity index (χ1) is 11.0. The van der Waals surface area contributed by atoms with Crippen LogP contribution in [-0.4, -0.2) is 61.9 Å². The van der Waals surface area contributed by atoms with Gasteiger partial charge >= 0.3 is 0 Å². The van der Waals surface area contributed by atoms with Crippen LogP contribution < -0.4 is 4.90 Å². The Labute approximate surface area is 138 Å². The van der Waals surface area contributed by atoms with Crippen LogP contribution in [0.2, 0.25) is 0 Å². The normalized spacial score (nSPS) is 15.3. The molecule has 1 aromatic rings. The van der Waals surface area contributed by atoms with Gasteiger partial charge in [-0.25, -0.2) is 0 Å². The quantitative estimate of drug-likeness (QED) is 0.855. The summed E-state index contributed by atoms with van der Waals surface area (Å²) in [7, 11) is 3.93. The Kier molecular flexibility index (Phi) is 6.02. The third-order valence-corrected chi connectivity index (χ3v) is 4.21. The highest BCUT2D eigenvalue weighted by Crippen LogP contribution is 2.16. The standard InChI is InChI=1S/C18H27N3O2/c1-4-7-17(22)20-10-6-11-21(13-12-20)18(23)15-8-5-9-16(14-15)19(2)3/h5,8-9,14H,4,6-7,10-13H2,1-3H3. The average molecular weight is 317 g/mol. The molecule has 2 rings (SSSR count). The molecule has 2 amide bonds. The molecule has 126 valence electrons. The molecule has 0 N–H and O–H groups in total. The first kappa shape index (κ1) is 17.3. The number of nitrogens with zero attached hydrogens (tertiary/aromatic N) is 3. The topological polar surface area (TPSA) is 43.9 Å². The van der Waals surface area contributed by atoms with Crippen molar-refractivity contribution < 1.29 is 9.59 Å². The SMILES string of the molecule is CCCC(=O)N1CCCN(C(=O)c2cccc(N(C)C)c2)CC1. The van der Waals surface area contributed by atoms with E-state index in [0.29, 0.717) is 31.6 Å². The van der Waals surface area contributed by atoms with Crippen LogP contribution in [0.4, 0.5) is 5.69 Å². The number of carbonyl (C=O) groups excluding carboxylic acids is 2. The Bertz CT molecular complexity index is 557. The molecular formula is C18H27N3O2. The molecule has 5 nitrogen and oxygen atoms in total. The predicted molar refractivity (Wildman–Crippen MR) is 92.8 cm³/mol. The minimum Gasteiger partial charge on any atom is -0.378 e. The Balaban J connectivity index is 2.03. The average Bonchev–Trinajstić information content (AvgIpc) is 2.80. The van der Waals surface area contributed by atoms with Gasteiger partial charge in [-0.2, -0.15) is 0 Å². The summed E-state index contributed by atoms with van der Waals surface area (Å²) in [6.07, 6.45) is 2.31. The summed E-state index contributed by atoms with van der Waals surface area (Å²) >= 11 is 0. The highest BCUT2D eigenvalue weighted by molar-refractivity contribution is 5.95. The van der Waals surface area contributed by atoms with Crippen molar-refractivity contribution in [3.05, 3.63) is 29.8 Å². The molecule has 0 bridgehead atoms. The van der Waals surface area contributed by atoms with E-state index in [1.54, 1.807) is 0 Å². The second-order valence-corrected chi connectivity index (χ2v) is 6.22. The maximum Gasteiger partial charge on any atom is 0.253 e. The molecule has 1 saturated heterocycles. The molecule has 0 aromatic heterocycles. The number of carbonyl (C=O) groups is 2. The van der Waals surface area contributed by atoms with Crippen molar-refractivity contribution >= 4 is 17.5 Å². The lowest BCUT2D eigenvalue weighted by Gasteiger charge is -2.23. The van der Waals surface area contributed by atoms with Crippen molar-refractivity contribution in [1.29, 1.82) is 0 Å². The number of anilines is 1. The third-order valence-electron chi connectivity index (χ3n) is 4.21. The van der Waals surface area contributed by atoms with Gasteiger partial charge in [0.05, 0.1) is 0 Å². The van der Waals surface area contributed by atoms with E-state index in [-0.39, 0.29) is 11.8 Å². The molecule has 1 fully saturated rings. The van der Waals surface area contributed by atoms with Crippen LogP contribution in [0, 0.1) is 0 Å². The van der Waals surface area contributed by atoms with Gasteiger partial charge in [-0.1, -0.05) is 13.0 Å². The van der Waals surface area contributed by atoms with Crippen molar-refractivity contribution in [2.75, 3.05) is 45.2 Å². The molecule has 0 aliphatic carbocycles. The summed E-state index contributed by atoms with van der Waals surface area (Å²) in [6.45, 7) is 4.73. The molecule has 1 aliphatic rings. The number of benzene rings is 1. The molecule has 0 unspecified atom stereocenters. The highest BCUT2D eigenvalue weighted by Gasteiger charge is 2.22. The Morgan fingerprint density at radius 3 is 2.48 bits per heavy atom. The molecule has 1 heterocycles. The zero-order chi connectivity index (χ0) is 16.8. The van der Waals surface area contributed by atoms with Crippen molar-refractivity contribution in [1.82, 2.24) is 9.80 Å². The molecule has 0 atom stereocenters. The van der Waals surface area contributed by atoms with Gasteiger partial charge in [-0.15, -0.1) is 0 Å². The molecule has 23 heavy (non-hydrogen) atoms. The Morgan fingerprint density at radius 2 is 1.78 bits per heavy atom. The van der Waals surface area contributed by atoms with E-state index < -0.39 is 0 Å². The fraction of sp³-hybridized carbons (Fsp3) is 0.556. The van der Waals surface area contributed by atoms with Crippen molar-refractivity contribution in [2.24, 2.45) is 0 Å². The van der Waals surface area contributed by atoms with Crippen molar-refractivity contribution in [3.63, 3.8) is 0 Å². The van der Waals surface area contributed by atoms with E-state index in [1.165, 1.54) is 0 Å². The number of hydrogen-bond acceptors (Lipinski definition) is 3. The van der Waals surface area contributed by atoms with Crippen LogP contribution in [0.5, 0.6) is 0 Å². The second-order valence-electron chi connectivity index (χ2n) is 6.22. The van der Waals surface area contributed by atoms with Crippen molar-refractivity contribution in [3.8, 4) is 0 Å². The van der Waals surface area contributed by atoms with Crippen LogP contribution in [-0.2, 0) is 4.79 Å². The molecule has 0 spiro atoms. The van der Waals surface area contributed by atoms with Gasteiger partial charge in [0.2, 0.25) is 5.91 Å². The van der Waals surface area contributed by atoms with Gasteiger partial charge in [0.1, 0.15) is 0 Å². The monoisotopic (exact) mass is 317 g/mol. The van der Waals surface area contributed by atoms with Crippen LogP contribution in [0.1, 0.15) is 36.5 Å². The van der Waals surface area contributed by atoms with E-state index in [2.05, 4.69) is 0 Å². The van der Waals surface area contributed by atoms with E-state index >= 15 is 0 Å². The molecule has 0 radical (unpaired) electrons. The summed E-state index contributed by atoms with van der Waals surface area (Å²) in [6, 6.07) is 7.69. The molecule has 1 aromatic carbocycles. The summed E-state index contributed by atoms with van der Waals surface area (Å²) < 4.78 is 0. The van der Waals surface area contributed by atoms with E-state index in [4.69, 9.17) is 0 Å². The fourth-order valence-electron chi connectivity index (χ4n) is 2.84. The van der Waals surface area contributed by atoms with Gasteiger partial charge in [0.15, 0.2) is 0 Å².